The second kappa shape index (κ2) is 3.56. The molecule has 78 valence electrons. The van der Waals surface area contributed by atoms with Gasteiger partial charge in [0.2, 0.25) is 5.82 Å². The molecule has 0 atom stereocenters. The molecule has 0 aromatic carbocycles. The summed E-state index contributed by atoms with van der Waals surface area (Å²) in [6.07, 6.45) is 1.60. The van der Waals surface area contributed by atoms with E-state index in [2.05, 4.69) is 9.97 Å². The number of carbonyl (C=O) groups excluding carboxylic acids is 1. The first-order valence-electron chi connectivity index (χ1n) is 4.43. The molecule has 0 spiro atoms. The summed E-state index contributed by atoms with van der Waals surface area (Å²) in [5, 5.41) is 9.46. The quantitative estimate of drug-likeness (QED) is 0.730. The fourth-order valence-corrected chi connectivity index (χ4v) is 1.20. The maximum atomic E-state index is 11.3. The minimum Gasteiger partial charge on any atom is -0.480 e. The Morgan fingerprint density at radius 1 is 1.60 bits per heavy atom. The van der Waals surface area contributed by atoms with Crippen LogP contribution < -0.4 is 0 Å². The van der Waals surface area contributed by atoms with Crippen LogP contribution in [0.2, 0.25) is 0 Å². The molecule has 2 rings (SSSR count). The molecule has 0 amide bonds. The molecule has 6 nitrogen and oxygen atoms in total. The standard InChI is InChI=1S/C9H9N3O3/c1-2-15-8(13)7-10-6-4-3-5-12(6)9(14)11-7/h3-5H,2H2,1H3,(H,10,11,14). The normalized spacial score (nSPS) is 10.5. The number of hydrogen-bond acceptors (Lipinski definition) is 5. The number of aromatic hydroxyl groups is 1. The van der Waals surface area contributed by atoms with E-state index in [9.17, 15) is 9.90 Å². The molecule has 0 unspecified atom stereocenters. The van der Waals surface area contributed by atoms with Crippen molar-refractivity contribution in [2.75, 3.05) is 6.61 Å². The minimum atomic E-state index is -0.642. The van der Waals surface area contributed by atoms with Crippen LogP contribution in [0.4, 0.5) is 0 Å². The van der Waals surface area contributed by atoms with E-state index in [1.807, 2.05) is 0 Å². The van der Waals surface area contributed by atoms with Gasteiger partial charge in [0.15, 0.2) is 0 Å². The Morgan fingerprint density at radius 2 is 2.40 bits per heavy atom. The highest BCUT2D eigenvalue weighted by atomic mass is 16.5. The van der Waals surface area contributed by atoms with Crippen molar-refractivity contribution in [3.8, 4) is 6.01 Å². The predicted octanol–water partition coefficient (Wildman–Crippen LogP) is 0.612. The van der Waals surface area contributed by atoms with Crippen molar-refractivity contribution >= 4 is 11.6 Å². The first-order valence-corrected chi connectivity index (χ1v) is 4.43. The Kier molecular flexibility index (Phi) is 2.24. The van der Waals surface area contributed by atoms with Gasteiger partial charge < -0.3 is 9.84 Å². The first-order chi connectivity index (χ1) is 7.22. The van der Waals surface area contributed by atoms with Crippen LogP contribution in [0.15, 0.2) is 18.3 Å². The summed E-state index contributed by atoms with van der Waals surface area (Å²) in [6.45, 7) is 1.93. The molecule has 2 aromatic rings. The number of hydrogen-bond donors (Lipinski definition) is 1. The number of nitrogens with zero attached hydrogens (tertiary/aromatic N) is 3. The molecule has 0 radical (unpaired) electrons. The lowest BCUT2D eigenvalue weighted by Gasteiger charge is -2.02. The van der Waals surface area contributed by atoms with Crippen LogP contribution in [0.3, 0.4) is 0 Å². The van der Waals surface area contributed by atoms with Crippen molar-refractivity contribution in [2.24, 2.45) is 0 Å². The third-order valence-corrected chi connectivity index (χ3v) is 1.83. The van der Waals surface area contributed by atoms with Gasteiger partial charge in [-0.2, -0.15) is 4.98 Å². The van der Waals surface area contributed by atoms with Crippen molar-refractivity contribution < 1.29 is 14.6 Å². The average molecular weight is 207 g/mol. The first kappa shape index (κ1) is 9.45. The Labute approximate surface area is 85.2 Å². The van der Waals surface area contributed by atoms with Crippen LogP contribution in [0.5, 0.6) is 6.01 Å². The molecule has 0 aliphatic carbocycles. The predicted molar refractivity (Wildman–Crippen MR) is 50.6 cm³/mol. The van der Waals surface area contributed by atoms with E-state index in [1.165, 1.54) is 4.40 Å². The minimum absolute atomic E-state index is 0.138. The number of esters is 1. The molecule has 2 aromatic heterocycles. The third kappa shape index (κ3) is 1.61. The van der Waals surface area contributed by atoms with Gasteiger partial charge in [0.25, 0.3) is 0 Å². The van der Waals surface area contributed by atoms with Gasteiger partial charge in [0, 0.05) is 6.20 Å². The summed E-state index contributed by atoms with van der Waals surface area (Å²) in [5.74, 6) is -0.781. The lowest BCUT2D eigenvalue weighted by molar-refractivity contribution is 0.0510. The summed E-state index contributed by atoms with van der Waals surface area (Å²) >= 11 is 0. The van der Waals surface area contributed by atoms with Crippen LogP contribution in [0.25, 0.3) is 5.65 Å². The van der Waals surface area contributed by atoms with E-state index in [0.29, 0.717) is 5.65 Å². The number of ether oxygens (including phenoxy) is 1. The van der Waals surface area contributed by atoms with Crippen molar-refractivity contribution in [2.45, 2.75) is 6.92 Å². The molecule has 15 heavy (non-hydrogen) atoms. The Hall–Kier alpha value is -2.11. The second-order valence-corrected chi connectivity index (χ2v) is 2.80. The lowest BCUT2D eigenvalue weighted by atomic mass is 10.5. The van der Waals surface area contributed by atoms with Crippen LogP contribution >= 0.6 is 0 Å². The molecule has 1 N–H and O–H groups in total. The highest BCUT2D eigenvalue weighted by molar-refractivity contribution is 5.85. The SMILES string of the molecule is CCOC(=O)c1nc(O)n2cccc2n1. The van der Waals surface area contributed by atoms with E-state index in [4.69, 9.17) is 4.74 Å². The topological polar surface area (TPSA) is 76.7 Å². The fourth-order valence-electron chi connectivity index (χ4n) is 1.20. The molecule has 0 aliphatic rings. The largest absolute Gasteiger partial charge is 0.480 e. The van der Waals surface area contributed by atoms with Gasteiger partial charge in [0.05, 0.1) is 6.61 Å². The smallest absolute Gasteiger partial charge is 0.376 e. The molecule has 0 aliphatic heterocycles. The van der Waals surface area contributed by atoms with Gasteiger partial charge in [-0.1, -0.05) is 0 Å². The van der Waals surface area contributed by atoms with Crippen LogP contribution in [0.1, 0.15) is 17.5 Å². The number of rotatable bonds is 2. The number of carbonyl (C=O) groups is 1. The monoisotopic (exact) mass is 207 g/mol. The third-order valence-electron chi connectivity index (χ3n) is 1.83. The summed E-state index contributed by atoms with van der Waals surface area (Å²) in [4.78, 5) is 18.9. The molecule has 2 heterocycles. The molecular formula is C9H9N3O3. The molecule has 6 heteroatoms. The lowest BCUT2D eigenvalue weighted by Crippen LogP contribution is -2.11. The van der Waals surface area contributed by atoms with E-state index in [0.717, 1.165) is 0 Å². The maximum absolute atomic E-state index is 11.3. The Bertz CT molecular complexity index is 506. The molecule has 0 bridgehead atoms. The zero-order valence-electron chi connectivity index (χ0n) is 8.04. The average Bonchev–Trinajstić information content (AvgIpc) is 2.66. The molecule has 0 saturated heterocycles. The maximum Gasteiger partial charge on any atom is 0.376 e. The van der Waals surface area contributed by atoms with Crippen LogP contribution in [-0.2, 0) is 4.74 Å². The Balaban J connectivity index is 2.49. The summed E-state index contributed by atoms with van der Waals surface area (Å²) in [5.41, 5.74) is 0.450. The highest BCUT2D eigenvalue weighted by Crippen LogP contribution is 2.10. The van der Waals surface area contributed by atoms with Crippen molar-refractivity contribution in [1.82, 2.24) is 14.4 Å². The van der Waals surface area contributed by atoms with Gasteiger partial charge in [-0.3, -0.25) is 4.40 Å². The van der Waals surface area contributed by atoms with E-state index >= 15 is 0 Å². The Morgan fingerprint density at radius 3 is 3.13 bits per heavy atom. The van der Waals surface area contributed by atoms with Crippen molar-refractivity contribution in [3.05, 3.63) is 24.2 Å². The zero-order valence-corrected chi connectivity index (χ0v) is 8.04. The van der Waals surface area contributed by atoms with Gasteiger partial charge in [0.1, 0.15) is 5.65 Å². The summed E-state index contributed by atoms with van der Waals surface area (Å²) < 4.78 is 6.09. The van der Waals surface area contributed by atoms with Gasteiger partial charge in [-0.15, -0.1) is 0 Å². The second-order valence-electron chi connectivity index (χ2n) is 2.80. The fraction of sp³-hybridized carbons (Fsp3) is 0.222. The van der Waals surface area contributed by atoms with E-state index < -0.39 is 5.97 Å². The highest BCUT2D eigenvalue weighted by Gasteiger charge is 2.13. The van der Waals surface area contributed by atoms with E-state index in [1.54, 1.807) is 25.3 Å². The van der Waals surface area contributed by atoms with Crippen molar-refractivity contribution in [3.63, 3.8) is 0 Å². The van der Waals surface area contributed by atoms with E-state index in [-0.39, 0.29) is 18.4 Å². The van der Waals surface area contributed by atoms with Crippen molar-refractivity contribution in [1.29, 1.82) is 0 Å². The summed E-state index contributed by atoms with van der Waals surface area (Å²) in [6, 6.07) is 3.07. The van der Waals surface area contributed by atoms with Gasteiger partial charge in [-0.05, 0) is 19.1 Å². The zero-order chi connectivity index (χ0) is 10.8. The molecular weight excluding hydrogens is 198 g/mol. The molecule has 0 fully saturated rings. The summed E-state index contributed by atoms with van der Waals surface area (Å²) in [7, 11) is 0. The number of aromatic nitrogens is 3. The number of fused-ring (bicyclic) bond motifs is 1. The van der Waals surface area contributed by atoms with Crippen LogP contribution in [-0.4, -0.2) is 32.1 Å². The van der Waals surface area contributed by atoms with Gasteiger partial charge in [-0.25, -0.2) is 9.78 Å². The van der Waals surface area contributed by atoms with Gasteiger partial charge >= 0.3 is 12.0 Å². The molecule has 0 saturated carbocycles. The van der Waals surface area contributed by atoms with Crippen LogP contribution in [0, 0.1) is 0 Å².